The maximum atomic E-state index is 12.0. The second-order valence-electron chi connectivity index (χ2n) is 4.18. The number of hydrogen-bond acceptors (Lipinski definition) is 3. The highest BCUT2D eigenvalue weighted by Gasteiger charge is 2.13. The number of aromatic nitrogens is 1. The third-order valence-electron chi connectivity index (χ3n) is 2.74. The summed E-state index contributed by atoms with van der Waals surface area (Å²) in [4.78, 5) is 23.0. The fourth-order valence-corrected chi connectivity index (χ4v) is 2.17. The van der Waals surface area contributed by atoms with Gasteiger partial charge < -0.3 is 15.0 Å². The van der Waals surface area contributed by atoms with Gasteiger partial charge in [-0.25, -0.2) is 4.79 Å². The summed E-state index contributed by atoms with van der Waals surface area (Å²) in [5.74, 6) is -1.52. The Hall–Kier alpha value is -2.59. The minimum atomic E-state index is -1.10. The molecule has 0 saturated carbocycles. The van der Waals surface area contributed by atoms with Crippen LogP contribution in [-0.4, -0.2) is 21.6 Å². The number of rotatable bonds is 4. The molecule has 2 aromatic rings. The van der Waals surface area contributed by atoms with Gasteiger partial charge >= 0.3 is 5.97 Å². The number of carbonyl (C=O) groups excluding carboxylic acids is 1. The molecular weight excluding hydrogens is 338 g/mol. The van der Waals surface area contributed by atoms with E-state index in [4.69, 9.17) is 10.4 Å². The Balaban J connectivity index is 2.16. The smallest absolute Gasteiger partial charge is 0.352 e. The second-order valence-corrected chi connectivity index (χ2v) is 5.09. The number of carboxylic acids is 1. The van der Waals surface area contributed by atoms with E-state index in [2.05, 4.69) is 21.2 Å². The van der Waals surface area contributed by atoms with Crippen LogP contribution in [0.1, 0.15) is 16.1 Å². The molecule has 6 nitrogen and oxygen atoms in total. The summed E-state index contributed by atoms with van der Waals surface area (Å²) in [7, 11) is 0. The van der Waals surface area contributed by atoms with Crippen LogP contribution in [0.25, 0.3) is 0 Å². The lowest BCUT2D eigenvalue weighted by molar-refractivity contribution is -0.116. The Kier molecular flexibility index (Phi) is 4.40. The number of carbonyl (C=O) groups is 2. The maximum Gasteiger partial charge on any atom is 0.352 e. The molecular formula is C14H10BrN3O3. The van der Waals surface area contributed by atoms with Gasteiger partial charge in [-0.2, -0.15) is 5.26 Å². The molecule has 0 unspecified atom stereocenters. The lowest BCUT2D eigenvalue weighted by Crippen LogP contribution is -2.21. The number of carboxylic acid groups (broad SMARTS) is 1. The van der Waals surface area contributed by atoms with E-state index in [1.807, 2.05) is 6.07 Å². The van der Waals surface area contributed by atoms with Gasteiger partial charge in [0.25, 0.3) is 0 Å². The second kappa shape index (κ2) is 6.24. The molecule has 0 aliphatic carbocycles. The first-order chi connectivity index (χ1) is 10.0. The van der Waals surface area contributed by atoms with Crippen molar-refractivity contribution in [1.29, 1.82) is 5.26 Å². The molecule has 2 rings (SSSR count). The summed E-state index contributed by atoms with van der Waals surface area (Å²) >= 11 is 3.26. The molecule has 7 heteroatoms. The highest BCUT2D eigenvalue weighted by molar-refractivity contribution is 9.10. The molecule has 106 valence electrons. The first kappa shape index (κ1) is 14.8. The van der Waals surface area contributed by atoms with E-state index in [1.165, 1.54) is 16.8 Å². The lowest BCUT2D eigenvalue weighted by Gasteiger charge is -2.09. The van der Waals surface area contributed by atoms with Gasteiger partial charge in [-0.3, -0.25) is 4.79 Å². The van der Waals surface area contributed by atoms with Gasteiger partial charge in [0.1, 0.15) is 18.3 Å². The largest absolute Gasteiger partial charge is 0.477 e. The van der Waals surface area contributed by atoms with Crippen molar-refractivity contribution >= 4 is 33.5 Å². The third kappa shape index (κ3) is 3.49. The van der Waals surface area contributed by atoms with E-state index >= 15 is 0 Å². The Morgan fingerprint density at radius 3 is 2.81 bits per heavy atom. The van der Waals surface area contributed by atoms with Gasteiger partial charge in [-0.05, 0) is 30.3 Å². The number of anilines is 1. The van der Waals surface area contributed by atoms with E-state index in [-0.39, 0.29) is 12.2 Å². The third-order valence-corrected chi connectivity index (χ3v) is 3.23. The van der Waals surface area contributed by atoms with Crippen LogP contribution in [0.2, 0.25) is 0 Å². The predicted octanol–water partition coefficient (Wildman–Crippen LogP) is 2.46. The Bertz CT molecular complexity index is 746. The molecule has 1 aromatic carbocycles. The summed E-state index contributed by atoms with van der Waals surface area (Å²) in [6, 6.07) is 9.84. The van der Waals surface area contributed by atoms with E-state index in [0.29, 0.717) is 11.3 Å². The van der Waals surface area contributed by atoms with Gasteiger partial charge in [-0.1, -0.05) is 15.9 Å². The number of nitrogens with one attached hydrogen (secondary N) is 1. The van der Waals surface area contributed by atoms with Crippen LogP contribution in [0, 0.1) is 11.3 Å². The summed E-state index contributed by atoms with van der Waals surface area (Å²) in [6.45, 7) is -0.147. The van der Waals surface area contributed by atoms with Crippen molar-refractivity contribution in [3.63, 3.8) is 0 Å². The molecule has 0 aliphatic heterocycles. The molecule has 0 spiro atoms. The van der Waals surface area contributed by atoms with E-state index in [1.54, 1.807) is 24.3 Å². The minimum Gasteiger partial charge on any atom is -0.477 e. The molecule has 0 fully saturated rings. The van der Waals surface area contributed by atoms with Gasteiger partial charge in [0.2, 0.25) is 5.91 Å². The van der Waals surface area contributed by atoms with Crippen LogP contribution in [0.15, 0.2) is 41.0 Å². The predicted molar refractivity (Wildman–Crippen MR) is 78.9 cm³/mol. The fourth-order valence-electron chi connectivity index (χ4n) is 1.81. The van der Waals surface area contributed by atoms with Crippen molar-refractivity contribution in [1.82, 2.24) is 4.57 Å². The van der Waals surface area contributed by atoms with Crippen molar-refractivity contribution in [3.05, 3.63) is 52.3 Å². The zero-order valence-electron chi connectivity index (χ0n) is 10.7. The van der Waals surface area contributed by atoms with Crippen LogP contribution in [-0.2, 0) is 11.3 Å². The van der Waals surface area contributed by atoms with Gasteiger partial charge in [-0.15, -0.1) is 0 Å². The van der Waals surface area contributed by atoms with Gasteiger partial charge in [0.15, 0.2) is 0 Å². The molecule has 0 bridgehead atoms. The number of hydrogen-bond donors (Lipinski definition) is 2. The van der Waals surface area contributed by atoms with Crippen LogP contribution in [0.5, 0.6) is 0 Å². The molecule has 0 atom stereocenters. The van der Waals surface area contributed by atoms with E-state index in [9.17, 15) is 9.59 Å². The van der Waals surface area contributed by atoms with Crippen molar-refractivity contribution in [2.45, 2.75) is 6.54 Å². The fraction of sp³-hybridized carbons (Fsp3) is 0.0714. The number of benzene rings is 1. The van der Waals surface area contributed by atoms with Crippen molar-refractivity contribution in [2.75, 3.05) is 5.32 Å². The summed E-state index contributed by atoms with van der Waals surface area (Å²) < 4.78 is 2.05. The molecule has 0 saturated heterocycles. The summed E-state index contributed by atoms with van der Waals surface area (Å²) in [5.41, 5.74) is 0.735. The average Bonchev–Trinajstić information content (AvgIpc) is 2.87. The monoisotopic (exact) mass is 347 g/mol. The number of aromatic carboxylic acids is 1. The Morgan fingerprint density at radius 2 is 2.14 bits per heavy atom. The van der Waals surface area contributed by atoms with Gasteiger partial charge in [0.05, 0.1) is 11.3 Å². The van der Waals surface area contributed by atoms with Crippen molar-refractivity contribution in [3.8, 4) is 6.07 Å². The maximum absolute atomic E-state index is 12.0. The quantitative estimate of drug-likeness (QED) is 0.887. The van der Waals surface area contributed by atoms with Crippen molar-refractivity contribution < 1.29 is 14.7 Å². The lowest BCUT2D eigenvalue weighted by atomic mass is 10.2. The normalized spacial score (nSPS) is 9.90. The Morgan fingerprint density at radius 1 is 1.38 bits per heavy atom. The van der Waals surface area contributed by atoms with E-state index < -0.39 is 11.9 Å². The zero-order chi connectivity index (χ0) is 15.4. The summed E-state index contributed by atoms with van der Waals surface area (Å²) in [5, 5.41) is 20.6. The first-order valence-corrected chi connectivity index (χ1v) is 6.68. The standard InChI is InChI=1S/C14H10BrN3O3/c15-10-4-3-9(7-16)11(6-10)17-13(19)8-18-5-1-2-12(18)14(20)21/h1-6H,8H2,(H,17,19)(H,20,21). The first-order valence-electron chi connectivity index (χ1n) is 5.89. The van der Waals surface area contributed by atoms with Crippen LogP contribution in [0.4, 0.5) is 5.69 Å². The molecule has 2 N–H and O–H groups in total. The average molecular weight is 348 g/mol. The SMILES string of the molecule is N#Cc1ccc(Br)cc1NC(=O)Cn1cccc1C(=O)O. The highest BCUT2D eigenvalue weighted by Crippen LogP contribution is 2.20. The zero-order valence-corrected chi connectivity index (χ0v) is 12.3. The van der Waals surface area contributed by atoms with Crippen LogP contribution < -0.4 is 5.32 Å². The Labute approximate surface area is 128 Å². The number of halogens is 1. The van der Waals surface area contributed by atoms with Crippen molar-refractivity contribution in [2.24, 2.45) is 0 Å². The van der Waals surface area contributed by atoms with E-state index in [0.717, 1.165) is 4.47 Å². The molecule has 21 heavy (non-hydrogen) atoms. The van der Waals surface area contributed by atoms with Gasteiger partial charge in [0, 0.05) is 10.7 Å². The van der Waals surface area contributed by atoms with Crippen LogP contribution >= 0.6 is 15.9 Å². The number of nitriles is 1. The molecule has 1 amide bonds. The molecule has 1 aromatic heterocycles. The topological polar surface area (TPSA) is 95.1 Å². The number of amides is 1. The molecule has 0 aliphatic rings. The summed E-state index contributed by atoms with van der Waals surface area (Å²) in [6.07, 6.45) is 1.51. The minimum absolute atomic E-state index is 0.0277. The molecule has 0 radical (unpaired) electrons. The molecule has 1 heterocycles. The highest BCUT2D eigenvalue weighted by atomic mass is 79.9. The van der Waals surface area contributed by atoms with Crippen LogP contribution in [0.3, 0.4) is 0 Å². The number of nitrogens with zero attached hydrogens (tertiary/aromatic N) is 2.